The normalized spacial score (nSPS) is 24.4. The molecule has 0 spiro atoms. The summed E-state index contributed by atoms with van der Waals surface area (Å²) >= 11 is 0. The first-order valence-electron chi connectivity index (χ1n) is 4.76. The lowest BCUT2D eigenvalue weighted by Gasteiger charge is -2.38. The van der Waals surface area contributed by atoms with Crippen LogP contribution in [-0.2, 0) is 4.79 Å². The minimum Gasteiger partial charge on any atom is -0.342 e. The second-order valence-corrected chi connectivity index (χ2v) is 3.89. The SMILES string of the molecule is CN(C(=O)C1CNC1)C1CCC1. The summed E-state index contributed by atoms with van der Waals surface area (Å²) in [5.74, 6) is 0.619. The lowest BCUT2D eigenvalue weighted by atomic mass is 9.90. The van der Waals surface area contributed by atoms with Gasteiger partial charge in [-0.15, -0.1) is 0 Å². The van der Waals surface area contributed by atoms with Gasteiger partial charge in [0.15, 0.2) is 0 Å². The van der Waals surface area contributed by atoms with Gasteiger partial charge in [-0.05, 0) is 19.3 Å². The molecule has 0 bridgehead atoms. The molecular formula is C9H16N2O. The third kappa shape index (κ3) is 1.22. The van der Waals surface area contributed by atoms with Crippen LogP contribution in [0.15, 0.2) is 0 Å². The van der Waals surface area contributed by atoms with Crippen molar-refractivity contribution in [1.82, 2.24) is 10.2 Å². The summed E-state index contributed by atoms with van der Waals surface area (Å²) in [5.41, 5.74) is 0. The highest BCUT2D eigenvalue weighted by molar-refractivity contribution is 5.80. The van der Waals surface area contributed by atoms with Crippen molar-refractivity contribution in [2.45, 2.75) is 25.3 Å². The largest absolute Gasteiger partial charge is 0.342 e. The summed E-state index contributed by atoms with van der Waals surface area (Å²) in [6, 6.07) is 0.554. The standard InChI is InChI=1S/C9H16N2O/c1-11(8-3-2-4-8)9(12)7-5-10-6-7/h7-8,10H,2-6H2,1H3. The fourth-order valence-electron chi connectivity index (χ4n) is 1.71. The van der Waals surface area contributed by atoms with Crippen LogP contribution < -0.4 is 5.32 Å². The molecule has 1 saturated carbocycles. The van der Waals surface area contributed by atoms with Gasteiger partial charge >= 0.3 is 0 Å². The van der Waals surface area contributed by atoms with Gasteiger partial charge in [0, 0.05) is 26.2 Å². The molecule has 1 saturated heterocycles. The topological polar surface area (TPSA) is 32.3 Å². The molecule has 1 aliphatic carbocycles. The van der Waals surface area contributed by atoms with Crippen molar-refractivity contribution < 1.29 is 4.79 Å². The highest BCUT2D eigenvalue weighted by Gasteiger charge is 2.32. The van der Waals surface area contributed by atoms with Crippen LogP contribution in [-0.4, -0.2) is 37.0 Å². The maximum atomic E-state index is 11.6. The number of nitrogens with zero attached hydrogens (tertiary/aromatic N) is 1. The van der Waals surface area contributed by atoms with E-state index in [-0.39, 0.29) is 5.92 Å². The highest BCUT2D eigenvalue weighted by Crippen LogP contribution is 2.25. The molecular weight excluding hydrogens is 152 g/mol. The Morgan fingerprint density at radius 1 is 1.42 bits per heavy atom. The molecule has 2 rings (SSSR count). The fourth-order valence-corrected chi connectivity index (χ4v) is 1.71. The molecule has 2 fully saturated rings. The zero-order chi connectivity index (χ0) is 8.55. The van der Waals surface area contributed by atoms with E-state index in [0.29, 0.717) is 11.9 Å². The predicted molar refractivity (Wildman–Crippen MR) is 46.8 cm³/mol. The minimum absolute atomic E-state index is 0.274. The zero-order valence-corrected chi connectivity index (χ0v) is 7.55. The molecule has 3 heteroatoms. The summed E-state index contributed by atoms with van der Waals surface area (Å²) < 4.78 is 0. The van der Waals surface area contributed by atoms with E-state index in [1.807, 2.05) is 11.9 Å². The Morgan fingerprint density at radius 3 is 2.42 bits per heavy atom. The number of carbonyl (C=O) groups excluding carboxylic acids is 1. The molecule has 3 nitrogen and oxygen atoms in total. The van der Waals surface area contributed by atoms with Crippen LogP contribution >= 0.6 is 0 Å². The molecule has 0 aromatic rings. The number of rotatable bonds is 2. The van der Waals surface area contributed by atoms with Crippen LogP contribution in [0.2, 0.25) is 0 Å². The number of hydrogen-bond acceptors (Lipinski definition) is 2. The Kier molecular flexibility index (Phi) is 2.05. The molecule has 1 aliphatic heterocycles. The second kappa shape index (κ2) is 3.05. The first-order valence-corrected chi connectivity index (χ1v) is 4.76. The van der Waals surface area contributed by atoms with Crippen LogP contribution in [0.25, 0.3) is 0 Å². The Morgan fingerprint density at radius 2 is 2.08 bits per heavy atom. The predicted octanol–water partition coefficient (Wildman–Crippen LogP) is 0.217. The first-order chi connectivity index (χ1) is 5.79. The van der Waals surface area contributed by atoms with Crippen LogP contribution in [0.3, 0.4) is 0 Å². The second-order valence-electron chi connectivity index (χ2n) is 3.89. The van der Waals surface area contributed by atoms with E-state index in [0.717, 1.165) is 13.1 Å². The average Bonchev–Trinajstić information content (AvgIpc) is 1.79. The number of nitrogens with one attached hydrogen (secondary N) is 1. The molecule has 1 heterocycles. The Labute approximate surface area is 73.1 Å². The highest BCUT2D eigenvalue weighted by atomic mass is 16.2. The molecule has 12 heavy (non-hydrogen) atoms. The van der Waals surface area contributed by atoms with Gasteiger partial charge in [-0.3, -0.25) is 4.79 Å². The van der Waals surface area contributed by atoms with Crippen molar-refractivity contribution in [2.75, 3.05) is 20.1 Å². The average molecular weight is 168 g/mol. The van der Waals surface area contributed by atoms with Gasteiger partial charge in [-0.2, -0.15) is 0 Å². The van der Waals surface area contributed by atoms with E-state index in [2.05, 4.69) is 5.32 Å². The van der Waals surface area contributed by atoms with Gasteiger partial charge in [0.2, 0.25) is 5.91 Å². The van der Waals surface area contributed by atoms with E-state index in [4.69, 9.17) is 0 Å². The maximum absolute atomic E-state index is 11.6. The van der Waals surface area contributed by atoms with Gasteiger partial charge in [0.05, 0.1) is 5.92 Å². The van der Waals surface area contributed by atoms with Gasteiger partial charge in [-0.1, -0.05) is 0 Å². The molecule has 0 atom stereocenters. The molecule has 0 aromatic carbocycles. The molecule has 2 aliphatic rings. The summed E-state index contributed by atoms with van der Waals surface area (Å²) in [5, 5.41) is 3.12. The van der Waals surface area contributed by atoms with Crippen molar-refractivity contribution in [3.8, 4) is 0 Å². The summed E-state index contributed by atoms with van der Waals surface area (Å²) in [6.07, 6.45) is 3.72. The van der Waals surface area contributed by atoms with E-state index < -0.39 is 0 Å². The lowest BCUT2D eigenvalue weighted by Crippen LogP contribution is -2.54. The Balaban J connectivity index is 1.84. The summed E-state index contributed by atoms with van der Waals surface area (Å²) in [6.45, 7) is 1.77. The van der Waals surface area contributed by atoms with E-state index in [9.17, 15) is 4.79 Å². The van der Waals surface area contributed by atoms with E-state index in [1.165, 1.54) is 19.3 Å². The number of carbonyl (C=O) groups is 1. The maximum Gasteiger partial charge on any atom is 0.228 e. The third-order valence-electron chi connectivity index (χ3n) is 3.10. The molecule has 1 amide bonds. The zero-order valence-electron chi connectivity index (χ0n) is 7.55. The van der Waals surface area contributed by atoms with Crippen LogP contribution in [0.4, 0.5) is 0 Å². The van der Waals surface area contributed by atoms with Crippen molar-refractivity contribution in [3.05, 3.63) is 0 Å². The van der Waals surface area contributed by atoms with Crippen molar-refractivity contribution in [1.29, 1.82) is 0 Å². The quantitative estimate of drug-likeness (QED) is 0.639. The van der Waals surface area contributed by atoms with Gasteiger partial charge in [-0.25, -0.2) is 0 Å². The summed E-state index contributed by atoms with van der Waals surface area (Å²) in [4.78, 5) is 13.6. The number of hydrogen-bond donors (Lipinski definition) is 1. The van der Waals surface area contributed by atoms with Gasteiger partial charge < -0.3 is 10.2 Å². The van der Waals surface area contributed by atoms with Crippen LogP contribution in [0.5, 0.6) is 0 Å². The molecule has 1 N–H and O–H groups in total. The minimum atomic E-state index is 0.274. The Hall–Kier alpha value is -0.570. The van der Waals surface area contributed by atoms with Crippen LogP contribution in [0, 0.1) is 5.92 Å². The first kappa shape index (κ1) is 8.05. The monoisotopic (exact) mass is 168 g/mol. The van der Waals surface area contributed by atoms with Gasteiger partial charge in [0.25, 0.3) is 0 Å². The number of amides is 1. The summed E-state index contributed by atoms with van der Waals surface area (Å²) in [7, 11) is 1.95. The van der Waals surface area contributed by atoms with Gasteiger partial charge in [0.1, 0.15) is 0 Å². The smallest absolute Gasteiger partial charge is 0.228 e. The third-order valence-corrected chi connectivity index (χ3v) is 3.10. The molecule has 0 aromatic heterocycles. The molecule has 68 valence electrons. The van der Waals surface area contributed by atoms with Crippen LogP contribution in [0.1, 0.15) is 19.3 Å². The fraction of sp³-hybridized carbons (Fsp3) is 0.889. The molecule has 0 radical (unpaired) electrons. The van der Waals surface area contributed by atoms with Crippen molar-refractivity contribution >= 4 is 5.91 Å². The van der Waals surface area contributed by atoms with Crippen molar-refractivity contribution in [3.63, 3.8) is 0 Å². The van der Waals surface area contributed by atoms with Crippen molar-refractivity contribution in [2.24, 2.45) is 5.92 Å². The lowest BCUT2D eigenvalue weighted by molar-refractivity contribution is -0.139. The molecule has 0 unspecified atom stereocenters. The Bertz CT molecular complexity index is 185. The van der Waals surface area contributed by atoms with E-state index in [1.54, 1.807) is 0 Å². The van der Waals surface area contributed by atoms with E-state index >= 15 is 0 Å².